The van der Waals surface area contributed by atoms with Crippen LogP contribution in [0.25, 0.3) is 16.9 Å². The second kappa shape index (κ2) is 6.12. The van der Waals surface area contributed by atoms with E-state index in [1.165, 1.54) is 4.52 Å². The van der Waals surface area contributed by atoms with Crippen LogP contribution in [0.3, 0.4) is 0 Å². The van der Waals surface area contributed by atoms with Gasteiger partial charge in [-0.3, -0.25) is 5.10 Å². The number of hydrogen-bond acceptors (Lipinski definition) is 7. The summed E-state index contributed by atoms with van der Waals surface area (Å²) in [6, 6.07) is 0.142. The summed E-state index contributed by atoms with van der Waals surface area (Å²) < 4.78 is 34.6. The summed E-state index contributed by atoms with van der Waals surface area (Å²) in [6.45, 7) is 1.15. The van der Waals surface area contributed by atoms with Gasteiger partial charge in [0, 0.05) is 31.3 Å². The zero-order valence-electron chi connectivity index (χ0n) is 14.4. The van der Waals surface area contributed by atoms with Crippen LogP contribution in [0.1, 0.15) is 12.8 Å². The van der Waals surface area contributed by atoms with Gasteiger partial charge >= 0.3 is 0 Å². The molecule has 0 amide bonds. The van der Waals surface area contributed by atoms with E-state index in [1.807, 2.05) is 0 Å². The number of hydrogen-bond donors (Lipinski definition) is 2. The number of anilines is 2. The molecule has 0 unspecified atom stereocenters. The maximum atomic E-state index is 13.9. The molecule has 27 heavy (non-hydrogen) atoms. The Morgan fingerprint density at radius 1 is 1.37 bits per heavy atom. The highest BCUT2D eigenvalue weighted by atomic mass is 19.3. The fourth-order valence-corrected chi connectivity index (χ4v) is 3.55. The summed E-state index contributed by atoms with van der Waals surface area (Å²) in [5.74, 6) is -2.30. The van der Waals surface area contributed by atoms with Crippen LogP contribution in [0.4, 0.5) is 20.4 Å². The van der Waals surface area contributed by atoms with Crippen molar-refractivity contribution in [1.82, 2.24) is 29.8 Å². The van der Waals surface area contributed by atoms with E-state index in [2.05, 4.69) is 30.6 Å². The van der Waals surface area contributed by atoms with Gasteiger partial charge in [0.05, 0.1) is 25.4 Å². The Hall–Kier alpha value is -2.82. The van der Waals surface area contributed by atoms with Crippen molar-refractivity contribution >= 4 is 17.3 Å². The monoisotopic (exact) mass is 376 g/mol. The van der Waals surface area contributed by atoms with Crippen molar-refractivity contribution in [2.45, 2.75) is 24.8 Å². The minimum absolute atomic E-state index is 0.142. The third-order valence-corrected chi connectivity index (χ3v) is 4.88. The summed E-state index contributed by atoms with van der Waals surface area (Å²) in [5, 5.41) is 14.3. The van der Waals surface area contributed by atoms with Crippen LogP contribution in [-0.2, 0) is 4.74 Å². The van der Waals surface area contributed by atoms with E-state index in [-0.39, 0.29) is 25.6 Å². The number of H-pyrrole nitrogens is 1. The smallest absolute Gasteiger partial charge is 0.266 e. The Morgan fingerprint density at radius 3 is 3.00 bits per heavy atom. The molecule has 2 saturated heterocycles. The Bertz CT molecular complexity index is 951. The molecule has 2 fully saturated rings. The molecule has 2 aliphatic rings. The maximum absolute atomic E-state index is 13.9. The van der Waals surface area contributed by atoms with E-state index >= 15 is 0 Å². The molecule has 0 aliphatic carbocycles. The number of aromatic nitrogens is 6. The molecule has 0 saturated carbocycles. The van der Waals surface area contributed by atoms with Gasteiger partial charge < -0.3 is 15.0 Å². The Morgan fingerprint density at radius 2 is 2.30 bits per heavy atom. The van der Waals surface area contributed by atoms with E-state index < -0.39 is 5.92 Å². The van der Waals surface area contributed by atoms with Crippen molar-refractivity contribution in [3.05, 3.63) is 18.7 Å². The van der Waals surface area contributed by atoms with Gasteiger partial charge in [0.25, 0.3) is 5.92 Å². The van der Waals surface area contributed by atoms with Crippen molar-refractivity contribution in [2.75, 3.05) is 36.5 Å². The number of alkyl halides is 2. The largest absolute Gasteiger partial charge is 0.379 e. The second-order valence-corrected chi connectivity index (χ2v) is 6.86. The number of fused-ring (bicyclic) bond motifs is 1. The Kier molecular flexibility index (Phi) is 3.71. The molecule has 0 radical (unpaired) electrons. The van der Waals surface area contributed by atoms with E-state index in [4.69, 9.17) is 4.74 Å². The standard InChI is InChI=1S/C16H18F2N8O/c17-16(18)2-3-25(8-16)13-12(10-5-20-21-6-10)19-9-26-14(13)23-15(24-26)22-11-1-4-27-7-11/h5-6,9,11H,1-4,7-8H2,(H,20,21)(H,22,24)/t11-/m0/s1. The quantitative estimate of drug-likeness (QED) is 0.713. The molecule has 5 heterocycles. The lowest BCUT2D eigenvalue weighted by molar-refractivity contribution is 0.0257. The zero-order valence-corrected chi connectivity index (χ0v) is 14.4. The number of ether oxygens (including phenoxy) is 1. The highest BCUT2D eigenvalue weighted by molar-refractivity contribution is 5.85. The van der Waals surface area contributed by atoms with Crippen LogP contribution in [-0.4, -0.2) is 68.0 Å². The molecule has 9 nitrogen and oxygen atoms in total. The summed E-state index contributed by atoms with van der Waals surface area (Å²) >= 11 is 0. The fraction of sp³-hybridized carbons (Fsp3) is 0.500. The number of nitrogens with zero attached hydrogens (tertiary/aromatic N) is 6. The fourth-order valence-electron chi connectivity index (χ4n) is 3.55. The molecule has 1 atom stereocenters. The van der Waals surface area contributed by atoms with Crippen molar-refractivity contribution < 1.29 is 13.5 Å². The van der Waals surface area contributed by atoms with Gasteiger partial charge in [0.15, 0.2) is 5.65 Å². The number of aromatic amines is 1. The lowest BCUT2D eigenvalue weighted by Gasteiger charge is -2.20. The highest BCUT2D eigenvalue weighted by Crippen LogP contribution is 2.38. The average Bonchev–Trinajstić information content (AvgIpc) is 3.41. The minimum Gasteiger partial charge on any atom is -0.379 e. The number of halogens is 2. The predicted molar refractivity (Wildman–Crippen MR) is 93.0 cm³/mol. The van der Waals surface area contributed by atoms with E-state index in [0.29, 0.717) is 41.8 Å². The van der Waals surface area contributed by atoms with Crippen molar-refractivity contribution in [3.63, 3.8) is 0 Å². The van der Waals surface area contributed by atoms with Gasteiger partial charge in [-0.25, -0.2) is 13.8 Å². The second-order valence-electron chi connectivity index (χ2n) is 6.86. The van der Waals surface area contributed by atoms with Crippen molar-refractivity contribution in [2.24, 2.45) is 0 Å². The summed E-state index contributed by atoms with van der Waals surface area (Å²) in [7, 11) is 0. The first-order valence-corrected chi connectivity index (χ1v) is 8.81. The highest BCUT2D eigenvalue weighted by Gasteiger charge is 2.40. The SMILES string of the molecule is FC1(F)CCN(c2c(-c3cn[nH]c3)ncn3nc(N[C@H]4CCOC4)nc23)C1. The first-order chi connectivity index (χ1) is 13.1. The Balaban J connectivity index is 1.60. The van der Waals surface area contributed by atoms with Crippen LogP contribution in [0, 0.1) is 0 Å². The number of rotatable bonds is 4. The Labute approximate surface area is 152 Å². The molecule has 3 aromatic heterocycles. The molecule has 11 heteroatoms. The average molecular weight is 376 g/mol. The third-order valence-electron chi connectivity index (χ3n) is 4.88. The zero-order chi connectivity index (χ0) is 18.4. The van der Waals surface area contributed by atoms with E-state index in [0.717, 1.165) is 6.42 Å². The predicted octanol–water partition coefficient (Wildman–Crippen LogP) is 1.56. The van der Waals surface area contributed by atoms with Crippen LogP contribution in [0.15, 0.2) is 18.7 Å². The third kappa shape index (κ3) is 2.97. The van der Waals surface area contributed by atoms with Gasteiger partial charge in [-0.15, -0.1) is 5.10 Å². The summed E-state index contributed by atoms with van der Waals surface area (Å²) in [5.41, 5.74) is 2.29. The van der Waals surface area contributed by atoms with E-state index in [1.54, 1.807) is 23.6 Å². The molecular formula is C16H18F2N8O. The maximum Gasteiger partial charge on any atom is 0.266 e. The normalized spacial score (nSPS) is 22.0. The molecule has 0 bridgehead atoms. The topological polar surface area (TPSA) is 96.3 Å². The van der Waals surface area contributed by atoms with Crippen molar-refractivity contribution in [3.8, 4) is 11.3 Å². The van der Waals surface area contributed by atoms with Gasteiger partial charge in [0.1, 0.15) is 17.7 Å². The minimum atomic E-state index is -2.73. The first kappa shape index (κ1) is 16.4. The molecule has 5 rings (SSSR count). The summed E-state index contributed by atoms with van der Waals surface area (Å²) in [6.07, 6.45) is 5.51. The molecule has 3 aromatic rings. The molecule has 142 valence electrons. The van der Waals surface area contributed by atoms with Gasteiger partial charge in [0.2, 0.25) is 5.95 Å². The lowest BCUT2D eigenvalue weighted by Crippen LogP contribution is -2.26. The van der Waals surface area contributed by atoms with Gasteiger partial charge in [-0.1, -0.05) is 0 Å². The van der Waals surface area contributed by atoms with Crippen LogP contribution < -0.4 is 10.2 Å². The molecule has 0 spiro atoms. The van der Waals surface area contributed by atoms with Gasteiger partial charge in [-0.2, -0.15) is 14.6 Å². The van der Waals surface area contributed by atoms with Crippen molar-refractivity contribution in [1.29, 1.82) is 0 Å². The van der Waals surface area contributed by atoms with Crippen LogP contribution in [0.2, 0.25) is 0 Å². The van der Waals surface area contributed by atoms with E-state index in [9.17, 15) is 8.78 Å². The molecule has 2 aliphatic heterocycles. The molecular weight excluding hydrogens is 358 g/mol. The first-order valence-electron chi connectivity index (χ1n) is 8.81. The number of nitrogens with one attached hydrogen (secondary N) is 2. The summed E-state index contributed by atoms with van der Waals surface area (Å²) in [4.78, 5) is 10.6. The van der Waals surface area contributed by atoms with Crippen LogP contribution >= 0.6 is 0 Å². The lowest BCUT2D eigenvalue weighted by atomic mass is 10.2. The van der Waals surface area contributed by atoms with Crippen LogP contribution in [0.5, 0.6) is 0 Å². The molecule has 0 aromatic carbocycles. The molecule has 2 N–H and O–H groups in total. The van der Waals surface area contributed by atoms with Gasteiger partial charge in [-0.05, 0) is 6.42 Å².